The number of fused-ring (bicyclic) bond motifs is 1. The average molecular weight is 374 g/mol. The molecule has 2 aromatic carbocycles. The Morgan fingerprint density at radius 2 is 1.79 bits per heavy atom. The van der Waals surface area contributed by atoms with Crippen LogP contribution in [0.5, 0.6) is 0 Å². The summed E-state index contributed by atoms with van der Waals surface area (Å²) in [6.07, 6.45) is 1.39. The van der Waals surface area contributed by atoms with Gasteiger partial charge in [-0.05, 0) is 35.7 Å². The molecule has 1 N–H and O–H groups in total. The predicted octanol–water partition coefficient (Wildman–Crippen LogP) is 3.75. The number of hydrogen-bond acceptors (Lipinski definition) is 3. The molecular formula is C23H22N2O3. The summed E-state index contributed by atoms with van der Waals surface area (Å²) in [6.45, 7) is 0. The van der Waals surface area contributed by atoms with Gasteiger partial charge in [-0.1, -0.05) is 48.5 Å². The number of aromatic amines is 1. The van der Waals surface area contributed by atoms with Crippen LogP contribution in [0.2, 0.25) is 0 Å². The highest BCUT2D eigenvalue weighted by Crippen LogP contribution is 2.33. The maximum absolute atomic E-state index is 13.0. The van der Waals surface area contributed by atoms with Crippen LogP contribution in [-0.4, -0.2) is 30.0 Å². The Bertz CT molecular complexity index is 994. The third kappa shape index (κ3) is 3.43. The maximum Gasteiger partial charge on any atom is 0.329 e. The molecule has 5 nitrogen and oxygen atoms in total. The molecule has 0 spiro atoms. The Morgan fingerprint density at radius 3 is 2.57 bits per heavy atom. The number of methoxy groups -OCH3 is 1. The lowest BCUT2D eigenvalue weighted by Crippen LogP contribution is -2.43. The van der Waals surface area contributed by atoms with Crippen LogP contribution < -0.4 is 4.90 Å². The third-order valence-corrected chi connectivity index (χ3v) is 5.16. The van der Waals surface area contributed by atoms with Crippen LogP contribution in [0.4, 0.5) is 5.69 Å². The molecule has 142 valence electrons. The summed E-state index contributed by atoms with van der Waals surface area (Å²) in [5.41, 5.74) is 4.94. The molecule has 4 rings (SSSR count). The van der Waals surface area contributed by atoms with Crippen LogP contribution in [0, 0.1) is 0 Å². The molecule has 0 bridgehead atoms. The van der Waals surface area contributed by atoms with Crippen LogP contribution in [0.25, 0.3) is 11.3 Å². The van der Waals surface area contributed by atoms with Gasteiger partial charge in [0.1, 0.15) is 6.04 Å². The number of nitrogens with zero attached hydrogens (tertiary/aromatic N) is 1. The second-order valence-electron chi connectivity index (χ2n) is 6.90. The quantitative estimate of drug-likeness (QED) is 0.692. The Balaban J connectivity index is 1.48. The minimum absolute atomic E-state index is 0.0730. The fraction of sp³-hybridized carbons (Fsp3) is 0.217. The monoisotopic (exact) mass is 374 g/mol. The fourth-order valence-electron chi connectivity index (χ4n) is 3.75. The van der Waals surface area contributed by atoms with E-state index in [-0.39, 0.29) is 11.9 Å². The number of nitrogens with one attached hydrogen (secondary N) is 1. The fourth-order valence-corrected chi connectivity index (χ4v) is 3.75. The third-order valence-electron chi connectivity index (χ3n) is 5.16. The van der Waals surface area contributed by atoms with E-state index in [1.807, 2.05) is 66.7 Å². The van der Waals surface area contributed by atoms with E-state index in [2.05, 4.69) is 4.98 Å². The summed E-state index contributed by atoms with van der Waals surface area (Å²) in [5.74, 6) is -0.452. The van der Waals surface area contributed by atoms with Crippen molar-refractivity contribution in [2.45, 2.75) is 25.3 Å². The van der Waals surface area contributed by atoms with Crippen molar-refractivity contribution in [3.05, 3.63) is 78.0 Å². The summed E-state index contributed by atoms with van der Waals surface area (Å²) in [5, 5.41) is 0. The SMILES string of the molecule is COC(=O)C1Cc2ccccc2N1C(=O)CCc1ccc(-c2ccccc2)[nH]1. The Morgan fingerprint density at radius 1 is 1.04 bits per heavy atom. The summed E-state index contributed by atoms with van der Waals surface area (Å²) >= 11 is 0. The number of H-pyrrole nitrogens is 1. The van der Waals surface area contributed by atoms with Gasteiger partial charge in [-0.3, -0.25) is 9.69 Å². The molecular weight excluding hydrogens is 352 g/mol. The van der Waals surface area contributed by atoms with Crippen molar-refractivity contribution in [1.29, 1.82) is 0 Å². The van der Waals surface area contributed by atoms with Gasteiger partial charge in [0.2, 0.25) is 5.91 Å². The smallest absolute Gasteiger partial charge is 0.329 e. The zero-order valence-corrected chi connectivity index (χ0v) is 15.7. The van der Waals surface area contributed by atoms with Gasteiger partial charge in [0, 0.05) is 29.9 Å². The maximum atomic E-state index is 13.0. The first-order chi connectivity index (χ1) is 13.7. The molecule has 1 aliphatic heterocycles. The van der Waals surface area contributed by atoms with Gasteiger partial charge in [-0.25, -0.2) is 4.79 Å². The average Bonchev–Trinajstić information content (AvgIpc) is 3.37. The molecule has 0 aliphatic carbocycles. The highest BCUT2D eigenvalue weighted by molar-refractivity contribution is 6.02. The molecule has 1 aromatic heterocycles. The molecule has 0 saturated heterocycles. The van der Waals surface area contributed by atoms with Crippen LogP contribution in [0.3, 0.4) is 0 Å². The van der Waals surface area contributed by atoms with Crippen molar-refractivity contribution in [2.75, 3.05) is 12.0 Å². The molecule has 5 heteroatoms. The minimum atomic E-state index is -0.585. The van der Waals surface area contributed by atoms with Gasteiger partial charge in [-0.2, -0.15) is 0 Å². The molecule has 1 amide bonds. The number of esters is 1. The van der Waals surface area contributed by atoms with E-state index in [9.17, 15) is 9.59 Å². The van der Waals surface area contributed by atoms with E-state index in [0.717, 1.165) is 28.2 Å². The molecule has 3 aromatic rings. The first kappa shape index (κ1) is 18.0. The highest BCUT2D eigenvalue weighted by Gasteiger charge is 2.38. The first-order valence-electron chi connectivity index (χ1n) is 9.38. The minimum Gasteiger partial charge on any atom is -0.467 e. The number of aromatic nitrogens is 1. The van der Waals surface area contributed by atoms with Gasteiger partial charge < -0.3 is 9.72 Å². The van der Waals surface area contributed by atoms with Crippen molar-refractivity contribution in [3.8, 4) is 11.3 Å². The van der Waals surface area contributed by atoms with E-state index < -0.39 is 6.04 Å². The lowest BCUT2D eigenvalue weighted by molar-refractivity contribution is -0.143. The van der Waals surface area contributed by atoms with E-state index >= 15 is 0 Å². The number of para-hydroxylation sites is 1. The largest absolute Gasteiger partial charge is 0.467 e. The van der Waals surface area contributed by atoms with Crippen molar-refractivity contribution in [2.24, 2.45) is 0 Å². The van der Waals surface area contributed by atoms with Crippen molar-refractivity contribution < 1.29 is 14.3 Å². The van der Waals surface area contributed by atoms with E-state index in [0.29, 0.717) is 19.3 Å². The normalized spacial score (nSPS) is 15.3. The number of anilines is 1. The van der Waals surface area contributed by atoms with Gasteiger partial charge >= 0.3 is 5.97 Å². The first-order valence-corrected chi connectivity index (χ1v) is 9.38. The molecule has 0 saturated carbocycles. The number of rotatable bonds is 5. The Hall–Kier alpha value is -3.34. The van der Waals surface area contributed by atoms with Crippen LogP contribution in [0.15, 0.2) is 66.7 Å². The van der Waals surface area contributed by atoms with Gasteiger partial charge in [0.05, 0.1) is 7.11 Å². The number of carbonyl (C=O) groups is 2. The summed E-state index contributed by atoms with van der Waals surface area (Å²) in [4.78, 5) is 30.2. The standard InChI is InChI=1S/C23H22N2O3/c1-28-23(27)21-15-17-9-5-6-10-20(17)25(21)22(26)14-12-18-11-13-19(24-18)16-7-3-2-4-8-16/h2-11,13,21,24H,12,14-15H2,1H3. The lowest BCUT2D eigenvalue weighted by atomic mass is 10.1. The number of hydrogen-bond donors (Lipinski definition) is 1. The lowest BCUT2D eigenvalue weighted by Gasteiger charge is -2.23. The second kappa shape index (κ2) is 7.72. The Labute approximate surface area is 163 Å². The van der Waals surface area contributed by atoms with Gasteiger partial charge in [-0.15, -0.1) is 0 Å². The van der Waals surface area contributed by atoms with Crippen molar-refractivity contribution in [3.63, 3.8) is 0 Å². The van der Waals surface area contributed by atoms with Crippen molar-refractivity contribution in [1.82, 2.24) is 4.98 Å². The number of ether oxygens (including phenoxy) is 1. The zero-order chi connectivity index (χ0) is 19.5. The number of aryl methyl sites for hydroxylation is 1. The van der Waals surface area contributed by atoms with Crippen LogP contribution >= 0.6 is 0 Å². The molecule has 28 heavy (non-hydrogen) atoms. The molecule has 1 atom stereocenters. The Kier molecular flexibility index (Phi) is 4.98. The van der Waals surface area contributed by atoms with Crippen LogP contribution in [-0.2, 0) is 27.2 Å². The second-order valence-corrected chi connectivity index (χ2v) is 6.90. The summed E-state index contributed by atoms with van der Waals surface area (Å²) < 4.78 is 4.92. The predicted molar refractivity (Wildman–Crippen MR) is 108 cm³/mol. The van der Waals surface area contributed by atoms with E-state index in [1.165, 1.54) is 7.11 Å². The molecule has 2 heterocycles. The summed E-state index contributed by atoms with van der Waals surface area (Å²) in [6, 6.07) is 21.2. The number of benzene rings is 2. The van der Waals surface area contributed by atoms with E-state index in [4.69, 9.17) is 4.74 Å². The van der Waals surface area contributed by atoms with Crippen LogP contribution in [0.1, 0.15) is 17.7 Å². The summed E-state index contributed by atoms with van der Waals surface area (Å²) in [7, 11) is 1.36. The van der Waals surface area contributed by atoms with Crippen molar-refractivity contribution >= 4 is 17.6 Å². The zero-order valence-electron chi connectivity index (χ0n) is 15.7. The topological polar surface area (TPSA) is 62.4 Å². The number of amides is 1. The number of carbonyl (C=O) groups excluding carboxylic acids is 2. The molecule has 1 unspecified atom stereocenters. The molecule has 0 fully saturated rings. The molecule has 1 aliphatic rings. The van der Waals surface area contributed by atoms with Gasteiger partial charge in [0.15, 0.2) is 0 Å². The van der Waals surface area contributed by atoms with Gasteiger partial charge in [0.25, 0.3) is 0 Å². The highest BCUT2D eigenvalue weighted by atomic mass is 16.5. The van der Waals surface area contributed by atoms with E-state index in [1.54, 1.807) is 4.90 Å². The molecule has 0 radical (unpaired) electrons.